The van der Waals surface area contributed by atoms with Crippen LogP contribution in [0.3, 0.4) is 0 Å². The van der Waals surface area contributed by atoms with Crippen LogP contribution in [0.1, 0.15) is 32.6 Å². The molecule has 0 amide bonds. The number of benzene rings is 1. The van der Waals surface area contributed by atoms with Crippen LogP contribution in [-0.4, -0.2) is 44.1 Å². The normalized spacial score (nSPS) is 20.8. The van der Waals surface area contributed by atoms with Gasteiger partial charge >= 0.3 is 0 Å². The van der Waals surface area contributed by atoms with Gasteiger partial charge in [0.15, 0.2) is 11.6 Å². The highest BCUT2D eigenvalue weighted by Crippen LogP contribution is 2.34. The van der Waals surface area contributed by atoms with E-state index >= 15 is 0 Å². The van der Waals surface area contributed by atoms with Crippen LogP contribution >= 0.6 is 0 Å². The van der Waals surface area contributed by atoms with E-state index in [-0.39, 0.29) is 17.4 Å². The highest BCUT2D eigenvalue weighted by Gasteiger charge is 2.31. The molecule has 0 saturated heterocycles. The lowest BCUT2D eigenvalue weighted by molar-refractivity contribution is 0.174. The number of pyridine rings is 1. The average molecular weight is 438 g/mol. The van der Waals surface area contributed by atoms with E-state index in [4.69, 9.17) is 0 Å². The van der Waals surface area contributed by atoms with Gasteiger partial charge < -0.3 is 14.6 Å². The second-order valence-electron chi connectivity index (χ2n) is 8.58. The summed E-state index contributed by atoms with van der Waals surface area (Å²) < 4.78 is 15.6. The molecule has 0 bridgehead atoms. The third-order valence-electron chi connectivity index (χ3n) is 6.43. The minimum absolute atomic E-state index is 0.00409. The van der Waals surface area contributed by atoms with Crippen LogP contribution in [0.5, 0.6) is 5.75 Å². The zero-order chi connectivity index (χ0) is 22.8. The maximum atomic E-state index is 14.1. The largest absolute Gasteiger partial charge is 0.507 e. The Morgan fingerprint density at radius 3 is 2.59 bits per heavy atom. The van der Waals surface area contributed by atoms with Gasteiger partial charge in [0.05, 0.1) is 11.8 Å². The first-order valence-corrected chi connectivity index (χ1v) is 10.9. The fraction of sp³-hybridized carbons (Fsp3) is 0.417. The van der Waals surface area contributed by atoms with Crippen molar-refractivity contribution < 1.29 is 9.50 Å². The third kappa shape index (κ3) is 4.49. The van der Waals surface area contributed by atoms with Gasteiger partial charge in [-0.05, 0) is 54.5 Å². The van der Waals surface area contributed by atoms with Crippen molar-refractivity contribution in [2.75, 3.05) is 11.9 Å². The Balaban J connectivity index is 1.53. The average Bonchev–Trinajstić information content (AvgIpc) is 2.80. The number of aryl methyl sites for hydroxylation is 1. The summed E-state index contributed by atoms with van der Waals surface area (Å²) in [6.07, 6.45) is 5.53. The van der Waals surface area contributed by atoms with Gasteiger partial charge in [0.25, 0.3) is 5.56 Å². The van der Waals surface area contributed by atoms with E-state index in [0.717, 1.165) is 24.0 Å². The lowest BCUT2D eigenvalue weighted by Crippen LogP contribution is -2.40. The minimum Gasteiger partial charge on any atom is -0.507 e. The summed E-state index contributed by atoms with van der Waals surface area (Å²) in [6, 6.07) is 8.51. The summed E-state index contributed by atoms with van der Waals surface area (Å²) in [7, 11) is 3.58. The van der Waals surface area contributed by atoms with E-state index in [1.807, 2.05) is 24.1 Å². The molecular formula is C24H28FN5O2. The number of halogens is 1. The maximum absolute atomic E-state index is 14.1. The van der Waals surface area contributed by atoms with E-state index in [0.29, 0.717) is 36.0 Å². The number of rotatable bonds is 5. The molecule has 3 aromatic rings. The lowest BCUT2D eigenvalue weighted by Gasteiger charge is -2.36. The van der Waals surface area contributed by atoms with E-state index in [2.05, 4.69) is 22.1 Å². The van der Waals surface area contributed by atoms with E-state index in [1.165, 1.54) is 10.6 Å². The Labute approximate surface area is 186 Å². The molecule has 8 heteroatoms. The Morgan fingerprint density at radius 2 is 1.94 bits per heavy atom. The van der Waals surface area contributed by atoms with Gasteiger partial charge in [0.2, 0.25) is 0 Å². The molecular weight excluding hydrogens is 409 g/mol. The molecule has 2 aromatic heterocycles. The predicted molar refractivity (Wildman–Crippen MR) is 122 cm³/mol. The Kier molecular flexibility index (Phi) is 6.21. The molecule has 1 fully saturated rings. The van der Waals surface area contributed by atoms with E-state index in [1.54, 1.807) is 31.6 Å². The zero-order valence-electron chi connectivity index (χ0n) is 18.6. The first-order valence-electron chi connectivity index (χ1n) is 10.9. The van der Waals surface area contributed by atoms with Crippen molar-refractivity contribution in [3.05, 3.63) is 53.1 Å². The van der Waals surface area contributed by atoms with Gasteiger partial charge in [0, 0.05) is 32.4 Å². The second kappa shape index (κ2) is 9.06. The summed E-state index contributed by atoms with van der Waals surface area (Å²) in [5, 5.41) is 19.0. The van der Waals surface area contributed by atoms with Crippen LogP contribution in [0.2, 0.25) is 0 Å². The number of phenolic OH excluding ortho intramolecular Hbond substituents is 1. The van der Waals surface area contributed by atoms with Crippen molar-refractivity contribution in [2.24, 2.45) is 13.0 Å². The van der Waals surface area contributed by atoms with Crippen LogP contribution in [0.4, 0.5) is 10.2 Å². The van der Waals surface area contributed by atoms with Crippen LogP contribution in [0.25, 0.3) is 22.5 Å². The molecule has 0 aliphatic heterocycles. The maximum Gasteiger partial charge on any atom is 0.250 e. The Morgan fingerprint density at radius 1 is 1.16 bits per heavy atom. The van der Waals surface area contributed by atoms with Crippen molar-refractivity contribution >= 4 is 5.82 Å². The molecule has 1 aromatic carbocycles. The van der Waals surface area contributed by atoms with E-state index in [9.17, 15) is 14.3 Å². The number of anilines is 1. The van der Waals surface area contributed by atoms with Crippen molar-refractivity contribution in [3.8, 4) is 28.3 Å². The number of hydrogen-bond donors (Lipinski definition) is 1. The molecule has 1 aliphatic rings. The predicted octanol–water partition coefficient (Wildman–Crippen LogP) is 3.96. The molecule has 32 heavy (non-hydrogen) atoms. The smallest absolute Gasteiger partial charge is 0.250 e. The third-order valence-corrected chi connectivity index (χ3v) is 6.43. The first-order chi connectivity index (χ1) is 15.4. The van der Waals surface area contributed by atoms with Crippen LogP contribution < -0.4 is 10.5 Å². The second-order valence-corrected chi connectivity index (χ2v) is 8.58. The molecule has 0 spiro atoms. The number of alkyl halides is 1. The molecule has 1 N–H and O–H groups in total. The van der Waals surface area contributed by atoms with Crippen LogP contribution in [-0.2, 0) is 7.05 Å². The summed E-state index contributed by atoms with van der Waals surface area (Å²) >= 11 is 0. The highest BCUT2D eigenvalue weighted by molar-refractivity contribution is 5.72. The molecule has 2 heterocycles. The molecule has 168 valence electrons. The molecule has 4 rings (SSSR count). The van der Waals surface area contributed by atoms with Crippen LogP contribution in [0.15, 0.2) is 47.5 Å². The van der Waals surface area contributed by atoms with Gasteiger partial charge in [-0.1, -0.05) is 19.4 Å². The van der Waals surface area contributed by atoms with Crippen molar-refractivity contribution in [2.45, 2.75) is 44.8 Å². The lowest BCUT2D eigenvalue weighted by atomic mass is 9.82. The Hall–Kier alpha value is -3.29. The van der Waals surface area contributed by atoms with Gasteiger partial charge in [-0.25, -0.2) is 9.37 Å². The van der Waals surface area contributed by atoms with Crippen molar-refractivity contribution in [3.63, 3.8) is 0 Å². The molecule has 0 unspecified atom stereocenters. The summed E-state index contributed by atoms with van der Waals surface area (Å²) in [5.41, 5.74) is 1.76. The number of nitrogens with zero attached hydrogens (tertiary/aromatic N) is 5. The highest BCUT2D eigenvalue weighted by atomic mass is 19.1. The number of aromatic nitrogens is 4. The SMILES string of the molecule is CC[C@H]1C[C@@H](F)C[C@H](N(C)c2cnc(-c3ccc(-c4ccn(C)c(=O)c4)cc3O)nn2)C1. The summed E-state index contributed by atoms with van der Waals surface area (Å²) in [5.74, 6) is 1.27. The van der Waals surface area contributed by atoms with Gasteiger partial charge in [0.1, 0.15) is 11.9 Å². The number of hydrogen-bond acceptors (Lipinski definition) is 6. The van der Waals surface area contributed by atoms with Crippen molar-refractivity contribution in [1.29, 1.82) is 0 Å². The fourth-order valence-corrected chi connectivity index (χ4v) is 4.35. The number of phenols is 1. The minimum atomic E-state index is -0.790. The van der Waals surface area contributed by atoms with E-state index < -0.39 is 6.17 Å². The number of aromatic hydroxyl groups is 1. The molecule has 1 aliphatic carbocycles. The van der Waals surface area contributed by atoms with Gasteiger partial charge in [-0.3, -0.25) is 4.79 Å². The topological polar surface area (TPSA) is 84.1 Å². The quantitative estimate of drug-likeness (QED) is 0.650. The Bertz CT molecular complexity index is 1150. The first kappa shape index (κ1) is 21.9. The zero-order valence-corrected chi connectivity index (χ0v) is 18.6. The molecule has 1 saturated carbocycles. The monoisotopic (exact) mass is 437 g/mol. The molecule has 3 atom stereocenters. The van der Waals surface area contributed by atoms with Gasteiger partial charge in [-0.15, -0.1) is 10.2 Å². The summed E-state index contributed by atoms with van der Waals surface area (Å²) in [4.78, 5) is 18.2. The summed E-state index contributed by atoms with van der Waals surface area (Å²) in [6.45, 7) is 2.10. The fourth-order valence-electron chi connectivity index (χ4n) is 4.35. The van der Waals surface area contributed by atoms with Gasteiger partial charge in [-0.2, -0.15) is 0 Å². The molecule has 0 radical (unpaired) electrons. The molecule has 7 nitrogen and oxygen atoms in total. The van der Waals surface area contributed by atoms with Crippen molar-refractivity contribution in [1.82, 2.24) is 19.7 Å². The standard InChI is InChI=1S/C24H28FN5O2/c1-4-15-9-18(25)13-19(10-15)30(3)22-14-26-24(28-27-22)20-6-5-16(11-21(20)31)17-7-8-29(2)23(32)12-17/h5-8,11-12,14-15,18-19,31H,4,9-10,13H2,1-3H3/t15-,18+,19+/m0/s1. The van der Waals surface area contributed by atoms with Crippen LogP contribution in [0, 0.1) is 5.92 Å².